The lowest BCUT2D eigenvalue weighted by Gasteiger charge is -2.31. The molecule has 0 heterocycles. The van der Waals surface area contributed by atoms with Gasteiger partial charge in [0.2, 0.25) is 0 Å². The zero-order chi connectivity index (χ0) is 22.6. The van der Waals surface area contributed by atoms with E-state index in [9.17, 15) is 5.26 Å². The highest BCUT2D eigenvalue weighted by Gasteiger charge is 2.37. The SMILES string of the molecule is CCOC(C)OC(C#N)C1=CCC[C@@]1(C)C/C=C(/C)CC(C[C@@H](C)CI)OCOC. The van der Waals surface area contributed by atoms with Crippen molar-refractivity contribution in [2.24, 2.45) is 11.3 Å². The molecule has 0 amide bonds. The zero-order valence-electron chi connectivity index (χ0n) is 19.6. The number of alkyl halides is 1. The Hall–Kier alpha value is -0.460. The predicted molar refractivity (Wildman–Crippen MR) is 129 cm³/mol. The van der Waals surface area contributed by atoms with Crippen LogP contribution in [0.3, 0.4) is 0 Å². The number of halogens is 1. The Morgan fingerprint density at radius 2 is 2.10 bits per heavy atom. The van der Waals surface area contributed by atoms with Gasteiger partial charge < -0.3 is 18.9 Å². The van der Waals surface area contributed by atoms with E-state index < -0.39 is 6.10 Å². The van der Waals surface area contributed by atoms with Crippen LogP contribution in [0.4, 0.5) is 0 Å². The summed E-state index contributed by atoms with van der Waals surface area (Å²) in [5.41, 5.74) is 2.35. The van der Waals surface area contributed by atoms with Crippen LogP contribution in [0.25, 0.3) is 0 Å². The summed E-state index contributed by atoms with van der Waals surface area (Å²) in [4.78, 5) is 0. The van der Waals surface area contributed by atoms with Crippen LogP contribution in [0.1, 0.15) is 66.7 Å². The third kappa shape index (κ3) is 9.35. The van der Waals surface area contributed by atoms with Gasteiger partial charge in [-0.15, -0.1) is 0 Å². The van der Waals surface area contributed by atoms with Gasteiger partial charge >= 0.3 is 0 Å². The van der Waals surface area contributed by atoms with Gasteiger partial charge in [-0.3, -0.25) is 0 Å². The molecule has 0 aliphatic heterocycles. The van der Waals surface area contributed by atoms with Crippen LogP contribution in [0.2, 0.25) is 0 Å². The maximum Gasteiger partial charge on any atom is 0.168 e. The van der Waals surface area contributed by atoms with E-state index in [-0.39, 0.29) is 17.8 Å². The fraction of sp³-hybridized carbons (Fsp3) is 0.792. The van der Waals surface area contributed by atoms with Crippen molar-refractivity contribution < 1.29 is 18.9 Å². The third-order valence-corrected chi connectivity index (χ3v) is 7.19. The number of ether oxygens (including phenoxy) is 4. The largest absolute Gasteiger partial charge is 0.359 e. The van der Waals surface area contributed by atoms with Crippen molar-refractivity contribution in [3.05, 3.63) is 23.3 Å². The predicted octanol–water partition coefficient (Wildman–Crippen LogP) is 6.18. The topological polar surface area (TPSA) is 60.7 Å². The molecule has 0 aromatic carbocycles. The van der Waals surface area contributed by atoms with E-state index in [0.717, 1.165) is 42.1 Å². The lowest BCUT2D eigenvalue weighted by Crippen LogP contribution is -2.29. The maximum absolute atomic E-state index is 9.71. The van der Waals surface area contributed by atoms with E-state index in [1.54, 1.807) is 7.11 Å². The lowest BCUT2D eigenvalue weighted by molar-refractivity contribution is -0.138. The first-order valence-electron chi connectivity index (χ1n) is 11.0. The number of hydrogen-bond donors (Lipinski definition) is 0. The fourth-order valence-electron chi connectivity index (χ4n) is 3.95. The Labute approximate surface area is 197 Å². The summed E-state index contributed by atoms with van der Waals surface area (Å²) < 4.78 is 23.5. The average Bonchev–Trinajstić information content (AvgIpc) is 3.10. The molecule has 0 bridgehead atoms. The minimum atomic E-state index is -0.560. The molecule has 30 heavy (non-hydrogen) atoms. The van der Waals surface area contributed by atoms with E-state index in [4.69, 9.17) is 18.9 Å². The van der Waals surface area contributed by atoms with Crippen molar-refractivity contribution >= 4 is 22.6 Å². The number of hydrogen-bond acceptors (Lipinski definition) is 5. The molecule has 0 radical (unpaired) electrons. The van der Waals surface area contributed by atoms with E-state index in [0.29, 0.717) is 19.3 Å². The van der Waals surface area contributed by atoms with Gasteiger partial charge in [-0.1, -0.05) is 54.2 Å². The Morgan fingerprint density at radius 1 is 1.37 bits per heavy atom. The van der Waals surface area contributed by atoms with Crippen LogP contribution in [0.15, 0.2) is 23.3 Å². The fourth-order valence-corrected chi connectivity index (χ4v) is 4.31. The van der Waals surface area contributed by atoms with E-state index >= 15 is 0 Å². The van der Waals surface area contributed by atoms with Crippen LogP contribution in [0.5, 0.6) is 0 Å². The molecule has 0 aromatic heterocycles. The molecule has 1 rings (SSSR count). The van der Waals surface area contributed by atoms with Gasteiger partial charge in [-0.25, -0.2) is 0 Å². The molecule has 0 saturated carbocycles. The van der Waals surface area contributed by atoms with E-state index in [2.05, 4.69) is 61.6 Å². The summed E-state index contributed by atoms with van der Waals surface area (Å²) in [5.74, 6) is 0.614. The summed E-state index contributed by atoms with van der Waals surface area (Å²) in [7, 11) is 1.66. The number of nitrogens with zero attached hydrogens (tertiary/aromatic N) is 1. The molecule has 0 N–H and O–H groups in total. The van der Waals surface area contributed by atoms with Crippen molar-refractivity contribution in [2.75, 3.05) is 24.9 Å². The molecule has 0 spiro atoms. The van der Waals surface area contributed by atoms with Crippen LogP contribution in [-0.4, -0.2) is 43.4 Å². The Kier molecular flexibility index (Phi) is 13.4. The van der Waals surface area contributed by atoms with Crippen LogP contribution < -0.4 is 0 Å². The smallest absolute Gasteiger partial charge is 0.168 e. The number of methoxy groups -OCH3 is 1. The number of allylic oxidation sites excluding steroid dienone is 2. The summed E-state index contributed by atoms with van der Waals surface area (Å²) >= 11 is 2.43. The van der Waals surface area contributed by atoms with Gasteiger partial charge in [0.1, 0.15) is 6.79 Å². The van der Waals surface area contributed by atoms with Crippen LogP contribution in [0, 0.1) is 22.7 Å². The highest BCUT2D eigenvalue weighted by molar-refractivity contribution is 14.1. The quantitative estimate of drug-likeness (QED) is 0.109. The van der Waals surface area contributed by atoms with Crippen molar-refractivity contribution in [1.82, 2.24) is 0 Å². The summed E-state index contributed by atoms with van der Waals surface area (Å²) in [6, 6.07) is 2.33. The van der Waals surface area contributed by atoms with Crippen LogP contribution >= 0.6 is 22.6 Å². The molecule has 0 aromatic rings. The highest BCUT2D eigenvalue weighted by Crippen LogP contribution is 2.44. The summed E-state index contributed by atoms with van der Waals surface area (Å²) in [5, 5.41) is 9.71. The van der Waals surface area contributed by atoms with Gasteiger partial charge in [0, 0.05) is 18.1 Å². The molecule has 0 fully saturated rings. The maximum atomic E-state index is 9.71. The molecule has 1 aliphatic carbocycles. The minimum absolute atomic E-state index is 0.0635. The molecule has 3 unspecified atom stereocenters. The number of rotatable bonds is 15. The van der Waals surface area contributed by atoms with Gasteiger partial charge in [-0.2, -0.15) is 5.26 Å². The van der Waals surface area contributed by atoms with Crippen molar-refractivity contribution in [1.29, 1.82) is 5.26 Å². The second kappa shape index (κ2) is 14.6. The molecular weight excluding hydrogens is 493 g/mol. The van der Waals surface area contributed by atoms with Gasteiger partial charge in [0.25, 0.3) is 0 Å². The molecule has 0 saturated heterocycles. The number of nitriles is 1. The monoisotopic (exact) mass is 533 g/mol. The molecule has 5 nitrogen and oxygen atoms in total. The van der Waals surface area contributed by atoms with Crippen LogP contribution in [-0.2, 0) is 18.9 Å². The molecule has 1 aliphatic rings. The van der Waals surface area contributed by atoms with E-state index in [1.807, 2.05) is 13.8 Å². The summed E-state index contributed by atoms with van der Waals surface area (Å²) in [6.07, 6.45) is 8.56. The lowest BCUT2D eigenvalue weighted by atomic mass is 9.77. The standard InChI is InChI=1S/C24H40INO4/c1-7-28-20(4)30-23(16-26)22-9-8-11-24(22,5)12-10-18(2)13-21(29-17-27-6)14-19(3)15-25/h9-10,19-21,23H,7-8,11-15,17H2,1-6H3/b18-10-/t19-,20?,21?,23?,24+/m1/s1. The Morgan fingerprint density at radius 3 is 2.70 bits per heavy atom. The first-order chi connectivity index (χ1) is 14.3. The molecule has 6 heteroatoms. The van der Waals surface area contributed by atoms with Gasteiger partial charge in [-0.05, 0) is 69.8 Å². The Bertz CT molecular complexity index is 601. The third-order valence-electron chi connectivity index (χ3n) is 5.69. The average molecular weight is 533 g/mol. The molecule has 172 valence electrons. The minimum Gasteiger partial charge on any atom is -0.359 e. The van der Waals surface area contributed by atoms with Crippen molar-refractivity contribution in [3.8, 4) is 6.07 Å². The van der Waals surface area contributed by atoms with Crippen molar-refractivity contribution in [2.45, 2.75) is 85.2 Å². The second-order valence-electron chi connectivity index (χ2n) is 8.58. The van der Waals surface area contributed by atoms with Gasteiger partial charge in [0.15, 0.2) is 12.4 Å². The van der Waals surface area contributed by atoms with Gasteiger partial charge in [0.05, 0.1) is 12.2 Å². The normalized spacial score (nSPS) is 23.5. The molecular formula is C24H40INO4. The first-order valence-corrected chi connectivity index (χ1v) is 12.5. The second-order valence-corrected chi connectivity index (χ2v) is 9.46. The van der Waals surface area contributed by atoms with E-state index in [1.165, 1.54) is 5.57 Å². The summed E-state index contributed by atoms with van der Waals surface area (Å²) in [6.45, 7) is 11.4. The first kappa shape index (κ1) is 27.6. The molecule has 5 atom stereocenters. The highest BCUT2D eigenvalue weighted by atomic mass is 127. The van der Waals surface area contributed by atoms with Crippen molar-refractivity contribution in [3.63, 3.8) is 0 Å². The zero-order valence-corrected chi connectivity index (χ0v) is 21.7. The Balaban J connectivity index is 2.78.